The van der Waals surface area contributed by atoms with Crippen molar-refractivity contribution in [3.05, 3.63) is 6.33 Å². The van der Waals surface area contributed by atoms with E-state index < -0.39 is 18.4 Å². The van der Waals surface area contributed by atoms with Crippen LogP contribution in [0.1, 0.15) is 12.6 Å². The van der Waals surface area contributed by atoms with Crippen LogP contribution < -0.4 is 15.2 Å². The molecule has 9 heteroatoms. The van der Waals surface area contributed by atoms with Gasteiger partial charge in [0.05, 0.1) is 19.0 Å². The molecule has 1 fully saturated rings. The highest BCUT2D eigenvalue weighted by molar-refractivity contribution is 5.81. The molecule has 21 heavy (non-hydrogen) atoms. The highest BCUT2D eigenvalue weighted by atomic mass is 16.5. The average molecular weight is 295 g/mol. The summed E-state index contributed by atoms with van der Waals surface area (Å²) in [6, 6.07) is 0. The van der Waals surface area contributed by atoms with E-state index in [1.807, 2.05) is 4.57 Å². The molecule has 2 aromatic rings. The van der Waals surface area contributed by atoms with Crippen molar-refractivity contribution in [1.29, 1.82) is 0 Å². The lowest BCUT2D eigenvalue weighted by Gasteiger charge is -2.17. The fourth-order valence-electron chi connectivity index (χ4n) is 2.67. The van der Waals surface area contributed by atoms with E-state index in [0.29, 0.717) is 18.0 Å². The predicted octanol–water partition coefficient (Wildman–Crippen LogP) is -1.03. The van der Waals surface area contributed by atoms with E-state index in [-0.39, 0.29) is 6.61 Å². The van der Waals surface area contributed by atoms with Gasteiger partial charge in [-0.2, -0.15) is 4.57 Å². The normalized spacial score (nSPS) is 25.4. The van der Waals surface area contributed by atoms with Crippen molar-refractivity contribution in [3.63, 3.8) is 0 Å². The number of aromatic nitrogens is 4. The topological polar surface area (TPSA) is 119 Å². The molecule has 5 N–H and O–H groups in total. The Morgan fingerprint density at radius 2 is 2.29 bits per heavy atom. The molecule has 1 aliphatic heterocycles. The number of hydrogen-bond acceptors (Lipinski definition) is 7. The van der Waals surface area contributed by atoms with E-state index in [4.69, 9.17) is 4.74 Å². The molecule has 3 rings (SSSR count). The maximum Gasteiger partial charge on any atom is 0.351 e. The Balaban J connectivity index is 2.12. The van der Waals surface area contributed by atoms with E-state index in [1.165, 1.54) is 0 Å². The molecule has 0 amide bonds. The monoisotopic (exact) mass is 295 g/mol. The van der Waals surface area contributed by atoms with Crippen LogP contribution in [0.5, 0.6) is 0 Å². The van der Waals surface area contributed by atoms with Crippen molar-refractivity contribution >= 4 is 22.9 Å². The molecule has 2 aromatic heterocycles. The van der Waals surface area contributed by atoms with Crippen molar-refractivity contribution in [2.45, 2.75) is 24.9 Å². The number of aliphatic hydroxyl groups excluding tert-OH is 2. The van der Waals surface area contributed by atoms with Crippen LogP contribution in [0, 0.1) is 0 Å². The second kappa shape index (κ2) is 5.43. The lowest BCUT2D eigenvalue weighted by Crippen LogP contribution is -2.45. The molecule has 1 saturated heterocycles. The zero-order valence-electron chi connectivity index (χ0n) is 11.9. The lowest BCUT2D eigenvalue weighted by molar-refractivity contribution is -0.736. The van der Waals surface area contributed by atoms with E-state index in [2.05, 4.69) is 25.6 Å². The summed E-state index contributed by atoms with van der Waals surface area (Å²) in [5, 5.41) is 25.3. The molecule has 9 nitrogen and oxygen atoms in total. The summed E-state index contributed by atoms with van der Waals surface area (Å²) in [4.78, 5) is 11.6. The zero-order valence-corrected chi connectivity index (χ0v) is 11.9. The molecule has 3 heterocycles. The van der Waals surface area contributed by atoms with E-state index >= 15 is 0 Å². The van der Waals surface area contributed by atoms with Gasteiger partial charge in [-0.15, -0.1) is 0 Å². The lowest BCUT2D eigenvalue weighted by atomic mass is 10.2. The molecule has 0 bridgehead atoms. The van der Waals surface area contributed by atoms with Gasteiger partial charge in [0.25, 0.3) is 0 Å². The molecule has 3 atom stereocenters. The van der Waals surface area contributed by atoms with Gasteiger partial charge in [-0.05, 0) is 0 Å². The first-order valence-corrected chi connectivity index (χ1v) is 6.78. The number of fused-ring (bicyclic) bond motifs is 1. The number of ether oxygens (including phenoxy) is 1. The van der Waals surface area contributed by atoms with Gasteiger partial charge >= 0.3 is 5.95 Å². The Kier molecular flexibility index (Phi) is 3.62. The first-order valence-electron chi connectivity index (χ1n) is 6.78. The van der Waals surface area contributed by atoms with Gasteiger partial charge in [0, 0.05) is 20.5 Å². The van der Waals surface area contributed by atoms with Crippen LogP contribution in [0.2, 0.25) is 0 Å². The Bertz CT molecular complexity index is 645. The van der Waals surface area contributed by atoms with Gasteiger partial charge in [0.2, 0.25) is 11.5 Å². The summed E-state index contributed by atoms with van der Waals surface area (Å²) in [6.07, 6.45) is 0.222. The third kappa shape index (κ3) is 2.19. The summed E-state index contributed by atoms with van der Waals surface area (Å²) in [5.41, 5.74) is 1.33. The van der Waals surface area contributed by atoms with Crippen LogP contribution in [-0.4, -0.2) is 58.1 Å². The highest BCUT2D eigenvalue weighted by Gasteiger charge is 2.39. The van der Waals surface area contributed by atoms with Gasteiger partial charge in [-0.1, -0.05) is 4.98 Å². The molecule has 114 valence electrons. The molecule has 0 aliphatic carbocycles. The Hall–Kier alpha value is -1.97. The molecule has 1 aliphatic rings. The van der Waals surface area contributed by atoms with Gasteiger partial charge < -0.3 is 25.3 Å². The average Bonchev–Trinajstić information content (AvgIpc) is 3.10. The predicted molar refractivity (Wildman–Crippen MR) is 74.8 cm³/mol. The van der Waals surface area contributed by atoms with Gasteiger partial charge in [-0.25, -0.2) is 4.98 Å². The highest BCUT2D eigenvalue weighted by Crippen LogP contribution is 2.28. The van der Waals surface area contributed by atoms with Crippen molar-refractivity contribution in [1.82, 2.24) is 15.0 Å². The van der Waals surface area contributed by atoms with Gasteiger partial charge in [0.1, 0.15) is 6.10 Å². The van der Waals surface area contributed by atoms with Crippen molar-refractivity contribution in [2.24, 2.45) is 0 Å². The fourth-order valence-corrected chi connectivity index (χ4v) is 2.67. The number of H-pyrrole nitrogens is 1. The van der Waals surface area contributed by atoms with Crippen LogP contribution in [0.4, 0.5) is 11.8 Å². The Morgan fingerprint density at radius 3 is 2.90 bits per heavy atom. The zero-order chi connectivity index (χ0) is 15.0. The van der Waals surface area contributed by atoms with Crippen molar-refractivity contribution in [2.75, 3.05) is 31.3 Å². The minimum Gasteiger partial charge on any atom is -0.394 e. The van der Waals surface area contributed by atoms with Crippen LogP contribution in [0.3, 0.4) is 0 Å². The van der Waals surface area contributed by atoms with E-state index in [1.54, 1.807) is 20.4 Å². The molecule has 0 spiro atoms. The number of nitrogens with zero attached hydrogens (tertiary/aromatic N) is 3. The van der Waals surface area contributed by atoms with Crippen LogP contribution >= 0.6 is 0 Å². The molecular weight excluding hydrogens is 276 g/mol. The number of rotatable bonds is 4. The third-order valence-corrected chi connectivity index (χ3v) is 3.67. The number of hydrogen-bond donors (Lipinski definition) is 5. The minimum atomic E-state index is -0.709. The Labute approximate surface area is 121 Å². The maximum absolute atomic E-state index is 9.94. The summed E-state index contributed by atoms with van der Waals surface area (Å²) >= 11 is 0. The van der Waals surface area contributed by atoms with Crippen LogP contribution in [0.15, 0.2) is 6.33 Å². The Morgan fingerprint density at radius 1 is 1.48 bits per heavy atom. The third-order valence-electron chi connectivity index (χ3n) is 3.67. The molecule has 0 aromatic carbocycles. The largest absolute Gasteiger partial charge is 0.394 e. The summed E-state index contributed by atoms with van der Waals surface area (Å²) in [5.74, 6) is 1.31. The first-order chi connectivity index (χ1) is 10.2. The number of imidazole rings is 1. The SMILES string of the molecule is CNc1nc2nc[nH]c2c(NC)[n+]1C1C[C@H](O)[C@@H](CO)O1. The first kappa shape index (κ1) is 14.0. The smallest absolute Gasteiger partial charge is 0.351 e. The standard InChI is InChI=1S/C12H18N6O3/c1-13-11-9-10(16-5-15-9)17-12(14-2)18(11)8-3-6(20)7(4-19)21-8/h5-8,19-20H,3-4H2,1-2H3,(H2,13,14,15,16,17)/p+1/t6-,7+,8?/m0/s1. The maximum atomic E-state index is 9.94. The van der Waals surface area contributed by atoms with E-state index in [9.17, 15) is 10.2 Å². The number of aromatic amines is 1. The molecule has 0 saturated carbocycles. The van der Waals surface area contributed by atoms with E-state index in [0.717, 1.165) is 11.3 Å². The van der Waals surface area contributed by atoms with Gasteiger partial charge in [0.15, 0.2) is 11.7 Å². The second-order valence-corrected chi connectivity index (χ2v) is 4.87. The number of nitrogens with one attached hydrogen (secondary N) is 3. The molecule has 1 unspecified atom stereocenters. The summed E-state index contributed by atoms with van der Waals surface area (Å²) in [7, 11) is 3.55. The van der Waals surface area contributed by atoms with Crippen LogP contribution in [0.25, 0.3) is 11.2 Å². The summed E-state index contributed by atoms with van der Waals surface area (Å²) in [6.45, 7) is -0.221. The number of aliphatic hydroxyl groups is 2. The minimum absolute atomic E-state index is 0.221. The molecule has 0 radical (unpaired) electrons. The van der Waals surface area contributed by atoms with Crippen LogP contribution in [-0.2, 0) is 4.74 Å². The summed E-state index contributed by atoms with van der Waals surface area (Å²) < 4.78 is 7.55. The second-order valence-electron chi connectivity index (χ2n) is 4.87. The fraction of sp³-hybridized carbons (Fsp3) is 0.583. The van der Waals surface area contributed by atoms with Crippen molar-refractivity contribution < 1.29 is 19.5 Å². The van der Waals surface area contributed by atoms with Gasteiger partial charge in [-0.3, -0.25) is 5.32 Å². The number of anilines is 2. The van der Waals surface area contributed by atoms with Crippen molar-refractivity contribution in [3.8, 4) is 0 Å². The molecular formula is C12H19N6O3+. The quantitative estimate of drug-likeness (QED) is 0.457.